The number of hydrogen-bond donors (Lipinski definition) is 1. The molecule has 3 rings (SSSR count). The number of carbonyl (C=O) groups is 1. The van der Waals surface area contributed by atoms with E-state index < -0.39 is 5.91 Å². The maximum absolute atomic E-state index is 11.4. The second-order valence-electron chi connectivity index (χ2n) is 4.15. The molecular formula is C15H11N3O. The van der Waals surface area contributed by atoms with E-state index in [1.165, 1.54) is 6.33 Å². The van der Waals surface area contributed by atoms with E-state index in [9.17, 15) is 4.79 Å². The molecule has 0 fully saturated rings. The van der Waals surface area contributed by atoms with Crippen LogP contribution < -0.4 is 5.73 Å². The van der Waals surface area contributed by atoms with Crippen LogP contribution in [0.3, 0.4) is 0 Å². The second kappa shape index (κ2) is 4.49. The van der Waals surface area contributed by atoms with Gasteiger partial charge in [-0.15, -0.1) is 0 Å². The smallest absolute Gasteiger partial charge is 0.250 e. The summed E-state index contributed by atoms with van der Waals surface area (Å²) in [6.45, 7) is 0. The van der Waals surface area contributed by atoms with Gasteiger partial charge in [-0.1, -0.05) is 42.5 Å². The van der Waals surface area contributed by atoms with Crippen molar-refractivity contribution in [3.63, 3.8) is 0 Å². The van der Waals surface area contributed by atoms with Crippen molar-refractivity contribution in [2.45, 2.75) is 0 Å². The lowest BCUT2D eigenvalue weighted by molar-refractivity contribution is 0.100. The van der Waals surface area contributed by atoms with Crippen molar-refractivity contribution in [1.82, 2.24) is 9.97 Å². The minimum Gasteiger partial charge on any atom is -0.366 e. The Morgan fingerprint density at radius 3 is 2.47 bits per heavy atom. The molecule has 92 valence electrons. The molecular weight excluding hydrogens is 238 g/mol. The minimum atomic E-state index is -0.483. The van der Waals surface area contributed by atoms with Gasteiger partial charge in [0.1, 0.15) is 6.33 Å². The third kappa shape index (κ3) is 1.93. The molecule has 0 saturated carbocycles. The quantitative estimate of drug-likeness (QED) is 0.758. The first-order chi connectivity index (χ1) is 9.27. The van der Waals surface area contributed by atoms with Crippen LogP contribution in [-0.4, -0.2) is 15.9 Å². The molecule has 0 unspecified atom stereocenters. The molecule has 2 aromatic carbocycles. The van der Waals surface area contributed by atoms with Gasteiger partial charge in [0, 0.05) is 10.9 Å². The van der Waals surface area contributed by atoms with Crippen LogP contribution in [0, 0.1) is 0 Å². The van der Waals surface area contributed by atoms with Crippen molar-refractivity contribution in [1.29, 1.82) is 0 Å². The zero-order valence-electron chi connectivity index (χ0n) is 10.1. The molecule has 0 aliphatic carbocycles. The topological polar surface area (TPSA) is 68.9 Å². The monoisotopic (exact) mass is 249 g/mol. The molecule has 4 heteroatoms. The van der Waals surface area contributed by atoms with Crippen LogP contribution in [0.2, 0.25) is 0 Å². The van der Waals surface area contributed by atoms with E-state index in [1.807, 2.05) is 36.4 Å². The Kier molecular flexibility index (Phi) is 2.68. The number of hydrogen-bond acceptors (Lipinski definition) is 3. The Morgan fingerprint density at radius 1 is 0.947 bits per heavy atom. The highest BCUT2D eigenvalue weighted by Crippen LogP contribution is 2.26. The molecule has 0 spiro atoms. The van der Waals surface area contributed by atoms with Crippen molar-refractivity contribution in [2.75, 3.05) is 0 Å². The fourth-order valence-electron chi connectivity index (χ4n) is 2.11. The van der Waals surface area contributed by atoms with E-state index in [2.05, 4.69) is 9.97 Å². The first kappa shape index (κ1) is 11.3. The normalized spacial score (nSPS) is 10.5. The molecule has 0 atom stereocenters. The first-order valence-electron chi connectivity index (χ1n) is 5.86. The highest BCUT2D eigenvalue weighted by atomic mass is 16.1. The number of fused-ring (bicyclic) bond motifs is 1. The van der Waals surface area contributed by atoms with Crippen LogP contribution in [0.15, 0.2) is 54.9 Å². The summed E-state index contributed by atoms with van der Waals surface area (Å²) in [5.41, 5.74) is 8.15. The summed E-state index contributed by atoms with van der Waals surface area (Å²) in [4.78, 5) is 19.9. The van der Waals surface area contributed by atoms with Crippen molar-refractivity contribution < 1.29 is 4.79 Å². The van der Waals surface area contributed by atoms with E-state index in [-0.39, 0.29) is 0 Å². The molecule has 4 nitrogen and oxygen atoms in total. The highest BCUT2D eigenvalue weighted by Gasteiger charge is 2.11. The Hall–Kier alpha value is -2.75. The standard InChI is InChI=1S/C15H11N3O/c16-15(19)12-8-4-7-11-13(17-9-18-14(11)12)10-5-2-1-3-6-10/h1-9H,(H2,16,19). The number of benzene rings is 2. The number of rotatable bonds is 2. The Labute approximate surface area is 109 Å². The molecule has 0 aliphatic heterocycles. The van der Waals surface area contributed by atoms with Gasteiger partial charge in [-0.2, -0.15) is 0 Å². The van der Waals surface area contributed by atoms with Crippen molar-refractivity contribution >= 4 is 16.8 Å². The number of para-hydroxylation sites is 1. The molecule has 0 aliphatic rings. The number of aromatic nitrogens is 2. The molecule has 3 aromatic rings. The van der Waals surface area contributed by atoms with Crippen LogP contribution in [0.1, 0.15) is 10.4 Å². The SMILES string of the molecule is NC(=O)c1cccc2c(-c3ccccc3)ncnc12. The Bertz CT molecular complexity index is 754. The second-order valence-corrected chi connectivity index (χ2v) is 4.15. The summed E-state index contributed by atoms with van der Waals surface area (Å²) in [5.74, 6) is -0.483. The summed E-state index contributed by atoms with van der Waals surface area (Å²) in [6, 6.07) is 15.1. The maximum atomic E-state index is 11.4. The Morgan fingerprint density at radius 2 is 1.74 bits per heavy atom. The van der Waals surface area contributed by atoms with Crippen molar-refractivity contribution in [3.8, 4) is 11.3 Å². The third-order valence-electron chi connectivity index (χ3n) is 2.98. The fourth-order valence-corrected chi connectivity index (χ4v) is 2.11. The van der Waals surface area contributed by atoms with Gasteiger partial charge in [0.25, 0.3) is 5.91 Å². The van der Waals surface area contributed by atoms with E-state index in [4.69, 9.17) is 5.73 Å². The number of primary amides is 1. The predicted octanol–water partition coefficient (Wildman–Crippen LogP) is 2.40. The first-order valence-corrected chi connectivity index (χ1v) is 5.86. The van der Waals surface area contributed by atoms with E-state index in [0.717, 1.165) is 16.6 Å². The lowest BCUT2D eigenvalue weighted by Gasteiger charge is -2.07. The molecule has 1 heterocycles. The van der Waals surface area contributed by atoms with Gasteiger partial charge in [-0.25, -0.2) is 9.97 Å². The number of nitrogens with two attached hydrogens (primary N) is 1. The summed E-state index contributed by atoms with van der Waals surface area (Å²) < 4.78 is 0. The van der Waals surface area contributed by atoms with Gasteiger partial charge in [0.05, 0.1) is 16.8 Å². The molecule has 0 saturated heterocycles. The van der Waals surface area contributed by atoms with Gasteiger partial charge in [0.15, 0.2) is 0 Å². The highest BCUT2D eigenvalue weighted by molar-refractivity contribution is 6.07. The molecule has 19 heavy (non-hydrogen) atoms. The molecule has 1 aromatic heterocycles. The van der Waals surface area contributed by atoms with E-state index in [0.29, 0.717) is 11.1 Å². The number of amides is 1. The minimum absolute atomic E-state index is 0.414. The summed E-state index contributed by atoms with van der Waals surface area (Å²) in [6.07, 6.45) is 1.46. The zero-order chi connectivity index (χ0) is 13.2. The summed E-state index contributed by atoms with van der Waals surface area (Å²) in [7, 11) is 0. The maximum Gasteiger partial charge on any atom is 0.250 e. The van der Waals surface area contributed by atoms with Gasteiger partial charge < -0.3 is 5.73 Å². The molecule has 0 bridgehead atoms. The molecule has 0 radical (unpaired) electrons. The van der Waals surface area contributed by atoms with E-state index in [1.54, 1.807) is 12.1 Å². The third-order valence-corrected chi connectivity index (χ3v) is 2.98. The number of nitrogens with zero attached hydrogens (tertiary/aromatic N) is 2. The largest absolute Gasteiger partial charge is 0.366 e. The van der Waals surface area contributed by atoms with Crippen LogP contribution in [0.25, 0.3) is 22.2 Å². The average molecular weight is 249 g/mol. The summed E-state index contributed by atoms with van der Waals surface area (Å²) >= 11 is 0. The fraction of sp³-hybridized carbons (Fsp3) is 0. The lowest BCUT2D eigenvalue weighted by atomic mass is 10.0. The predicted molar refractivity (Wildman–Crippen MR) is 73.5 cm³/mol. The van der Waals surface area contributed by atoms with Crippen LogP contribution >= 0.6 is 0 Å². The molecule has 2 N–H and O–H groups in total. The van der Waals surface area contributed by atoms with Gasteiger partial charge in [-0.3, -0.25) is 4.79 Å². The van der Waals surface area contributed by atoms with Crippen LogP contribution in [-0.2, 0) is 0 Å². The summed E-state index contributed by atoms with van der Waals surface area (Å²) in [5, 5.41) is 0.824. The van der Waals surface area contributed by atoms with Gasteiger partial charge in [-0.05, 0) is 6.07 Å². The average Bonchev–Trinajstić information content (AvgIpc) is 2.46. The van der Waals surface area contributed by atoms with Crippen molar-refractivity contribution in [2.24, 2.45) is 5.73 Å². The van der Waals surface area contributed by atoms with Gasteiger partial charge in [0.2, 0.25) is 0 Å². The number of carbonyl (C=O) groups excluding carboxylic acids is 1. The lowest BCUT2D eigenvalue weighted by Crippen LogP contribution is -2.12. The van der Waals surface area contributed by atoms with Crippen LogP contribution in [0.5, 0.6) is 0 Å². The Balaban J connectivity index is 2.34. The molecule has 1 amide bonds. The van der Waals surface area contributed by atoms with Crippen molar-refractivity contribution in [3.05, 3.63) is 60.4 Å². The van der Waals surface area contributed by atoms with Crippen LogP contribution in [0.4, 0.5) is 0 Å². The zero-order valence-corrected chi connectivity index (χ0v) is 10.1. The van der Waals surface area contributed by atoms with Gasteiger partial charge >= 0.3 is 0 Å². The van der Waals surface area contributed by atoms with E-state index >= 15 is 0 Å².